The monoisotopic (exact) mass is 281 g/mol. The van der Waals surface area contributed by atoms with Gasteiger partial charge in [-0.05, 0) is 47.9 Å². The van der Waals surface area contributed by atoms with Gasteiger partial charge < -0.3 is 10.1 Å². The van der Waals surface area contributed by atoms with E-state index in [1.807, 2.05) is 6.07 Å². The molecular formula is C16H24ClNO. The second kappa shape index (κ2) is 6.25. The topological polar surface area (TPSA) is 21.3 Å². The van der Waals surface area contributed by atoms with Gasteiger partial charge in [-0.3, -0.25) is 0 Å². The lowest BCUT2D eigenvalue weighted by Gasteiger charge is -2.26. The quantitative estimate of drug-likeness (QED) is 0.862. The van der Waals surface area contributed by atoms with Crippen LogP contribution < -0.4 is 5.32 Å². The Morgan fingerprint density at radius 3 is 2.79 bits per heavy atom. The zero-order chi connectivity index (χ0) is 13.9. The molecule has 0 heterocycles. The van der Waals surface area contributed by atoms with Crippen LogP contribution in [0.15, 0.2) is 18.2 Å². The third-order valence-electron chi connectivity index (χ3n) is 3.95. The lowest BCUT2D eigenvalue weighted by Crippen LogP contribution is -2.38. The van der Waals surface area contributed by atoms with Gasteiger partial charge in [-0.25, -0.2) is 0 Å². The number of nitrogens with one attached hydrogen (secondary N) is 1. The fourth-order valence-electron chi connectivity index (χ4n) is 2.62. The predicted molar refractivity (Wildman–Crippen MR) is 80.9 cm³/mol. The molecule has 0 spiro atoms. The standard InChI is InChI=1S/C16H24ClNO/c1-16(2,6-7-19-3)11-18-15-9-12-4-5-14(17)8-13(12)10-15/h4-5,8,15,18H,6-7,9-11H2,1-3H3. The molecule has 0 bridgehead atoms. The van der Waals surface area contributed by atoms with Crippen molar-refractivity contribution in [1.82, 2.24) is 5.32 Å². The maximum Gasteiger partial charge on any atom is 0.0467 e. The minimum atomic E-state index is 0.280. The Labute approximate surface area is 121 Å². The molecule has 2 nitrogen and oxygen atoms in total. The fraction of sp³-hybridized carbons (Fsp3) is 0.625. The molecule has 2 rings (SSSR count). The van der Waals surface area contributed by atoms with Crippen molar-refractivity contribution in [2.45, 2.75) is 39.2 Å². The summed E-state index contributed by atoms with van der Waals surface area (Å²) in [5.74, 6) is 0. The summed E-state index contributed by atoms with van der Waals surface area (Å²) < 4.78 is 5.17. The largest absolute Gasteiger partial charge is 0.385 e. The molecule has 1 unspecified atom stereocenters. The molecule has 1 N–H and O–H groups in total. The third-order valence-corrected chi connectivity index (χ3v) is 4.19. The van der Waals surface area contributed by atoms with Crippen molar-refractivity contribution in [3.05, 3.63) is 34.3 Å². The van der Waals surface area contributed by atoms with Crippen molar-refractivity contribution >= 4 is 11.6 Å². The van der Waals surface area contributed by atoms with Crippen LogP contribution in [0.4, 0.5) is 0 Å². The van der Waals surface area contributed by atoms with Gasteiger partial charge in [-0.2, -0.15) is 0 Å². The van der Waals surface area contributed by atoms with E-state index in [9.17, 15) is 0 Å². The SMILES string of the molecule is COCCC(C)(C)CNC1Cc2ccc(Cl)cc2C1. The number of rotatable bonds is 6. The van der Waals surface area contributed by atoms with Crippen LogP contribution in [-0.2, 0) is 17.6 Å². The number of fused-ring (bicyclic) bond motifs is 1. The molecule has 1 aromatic carbocycles. The number of benzene rings is 1. The number of ether oxygens (including phenoxy) is 1. The first-order chi connectivity index (χ1) is 9.00. The molecule has 1 aromatic rings. The minimum Gasteiger partial charge on any atom is -0.385 e. The van der Waals surface area contributed by atoms with E-state index in [-0.39, 0.29) is 5.41 Å². The number of hydrogen-bond donors (Lipinski definition) is 1. The van der Waals surface area contributed by atoms with Crippen LogP contribution in [0, 0.1) is 5.41 Å². The van der Waals surface area contributed by atoms with E-state index in [0.717, 1.165) is 37.4 Å². The van der Waals surface area contributed by atoms with Crippen molar-refractivity contribution in [2.75, 3.05) is 20.3 Å². The highest BCUT2D eigenvalue weighted by Gasteiger charge is 2.24. The molecular weight excluding hydrogens is 258 g/mol. The van der Waals surface area contributed by atoms with Gasteiger partial charge in [0.15, 0.2) is 0 Å². The zero-order valence-electron chi connectivity index (χ0n) is 12.1. The molecule has 0 amide bonds. The molecule has 0 radical (unpaired) electrons. The van der Waals surface area contributed by atoms with Crippen molar-refractivity contribution < 1.29 is 4.74 Å². The summed E-state index contributed by atoms with van der Waals surface area (Å²) in [7, 11) is 1.76. The lowest BCUT2D eigenvalue weighted by atomic mass is 9.89. The molecule has 1 atom stereocenters. The van der Waals surface area contributed by atoms with Crippen molar-refractivity contribution in [3.8, 4) is 0 Å². The Morgan fingerprint density at radius 2 is 2.05 bits per heavy atom. The summed E-state index contributed by atoms with van der Waals surface area (Å²) >= 11 is 6.04. The predicted octanol–water partition coefficient (Wildman–Crippen LogP) is 3.46. The van der Waals surface area contributed by atoms with Crippen LogP contribution >= 0.6 is 11.6 Å². The molecule has 0 fully saturated rings. The Bertz CT molecular complexity index is 431. The van der Waals surface area contributed by atoms with Gasteiger partial charge in [0.25, 0.3) is 0 Å². The van der Waals surface area contributed by atoms with E-state index < -0.39 is 0 Å². The summed E-state index contributed by atoms with van der Waals surface area (Å²) in [6, 6.07) is 6.81. The van der Waals surface area contributed by atoms with Gasteiger partial charge in [0.1, 0.15) is 0 Å². The van der Waals surface area contributed by atoms with Gasteiger partial charge in [-0.1, -0.05) is 31.5 Å². The summed E-state index contributed by atoms with van der Waals surface area (Å²) in [5.41, 5.74) is 3.12. The molecule has 1 aliphatic carbocycles. The van der Waals surface area contributed by atoms with E-state index in [1.165, 1.54) is 11.1 Å². The van der Waals surface area contributed by atoms with Crippen LogP contribution in [0.5, 0.6) is 0 Å². The Hall–Kier alpha value is -0.570. The first-order valence-electron chi connectivity index (χ1n) is 7.00. The molecule has 1 aliphatic rings. The second-order valence-corrected chi connectivity index (χ2v) is 6.74. The highest BCUT2D eigenvalue weighted by Crippen LogP contribution is 2.26. The first-order valence-corrected chi connectivity index (χ1v) is 7.37. The maximum absolute atomic E-state index is 6.04. The molecule has 0 aliphatic heterocycles. The highest BCUT2D eigenvalue weighted by atomic mass is 35.5. The summed E-state index contributed by atoms with van der Waals surface area (Å²) in [5, 5.41) is 4.55. The van der Waals surface area contributed by atoms with Crippen molar-refractivity contribution in [1.29, 1.82) is 0 Å². The molecule has 0 saturated heterocycles. The summed E-state index contributed by atoms with van der Waals surface area (Å²) in [4.78, 5) is 0. The lowest BCUT2D eigenvalue weighted by molar-refractivity contribution is 0.149. The normalized spacial score (nSPS) is 18.6. The Kier molecular flexibility index (Phi) is 4.88. The average Bonchev–Trinajstić information content (AvgIpc) is 2.76. The van der Waals surface area contributed by atoms with Gasteiger partial charge >= 0.3 is 0 Å². The minimum absolute atomic E-state index is 0.280. The molecule has 19 heavy (non-hydrogen) atoms. The number of methoxy groups -OCH3 is 1. The second-order valence-electron chi connectivity index (χ2n) is 6.31. The van der Waals surface area contributed by atoms with E-state index >= 15 is 0 Å². The number of hydrogen-bond acceptors (Lipinski definition) is 2. The van der Waals surface area contributed by atoms with Crippen LogP contribution in [0.3, 0.4) is 0 Å². The number of halogens is 1. The molecule has 106 valence electrons. The van der Waals surface area contributed by atoms with Crippen LogP contribution in [0.1, 0.15) is 31.4 Å². The third kappa shape index (κ3) is 4.20. The van der Waals surface area contributed by atoms with E-state index in [4.69, 9.17) is 16.3 Å². The van der Waals surface area contributed by atoms with E-state index in [1.54, 1.807) is 7.11 Å². The van der Waals surface area contributed by atoms with Gasteiger partial charge in [0.2, 0.25) is 0 Å². The van der Waals surface area contributed by atoms with Gasteiger partial charge in [0.05, 0.1) is 0 Å². The van der Waals surface area contributed by atoms with Crippen molar-refractivity contribution in [3.63, 3.8) is 0 Å². The maximum atomic E-state index is 6.04. The van der Waals surface area contributed by atoms with E-state index in [2.05, 4.69) is 31.3 Å². The fourth-order valence-corrected chi connectivity index (χ4v) is 2.81. The van der Waals surface area contributed by atoms with Crippen LogP contribution in [0.25, 0.3) is 0 Å². The average molecular weight is 282 g/mol. The van der Waals surface area contributed by atoms with Crippen molar-refractivity contribution in [2.24, 2.45) is 5.41 Å². The molecule has 0 saturated carbocycles. The first kappa shape index (κ1) is 14.8. The van der Waals surface area contributed by atoms with Gasteiger partial charge in [0, 0.05) is 31.3 Å². The van der Waals surface area contributed by atoms with Crippen LogP contribution in [0.2, 0.25) is 5.02 Å². The van der Waals surface area contributed by atoms with Gasteiger partial charge in [-0.15, -0.1) is 0 Å². The highest BCUT2D eigenvalue weighted by molar-refractivity contribution is 6.30. The molecule has 0 aromatic heterocycles. The van der Waals surface area contributed by atoms with E-state index in [0.29, 0.717) is 6.04 Å². The smallest absolute Gasteiger partial charge is 0.0467 e. The molecule has 3 heteroatoms. The Balaban J connectivity index is 1.83. The summed E-state index contributed by atoms with van der Waals surface area (Å²) in [6.45, 7) is 6.44. The Morgan fingerprint density at radius 1 is 1.32 bits per heavy atom. The van der Waals surface area contributed by atoms with Crippen LogP contribution in [-0.4, -0.2) is 26.3 Å². The zero-order valence-corrected chi connectivity index (χ0v) is 12.9. The summed E-state index contributed by atoms with van der Waals surface area (Å²) in [6.07, 6.45) is 3.30.